The molecule has 0 bridgehead atoms. The Bertz CT molecular complexity index is 406. The number of rotatable bonds is 4. The summed E-state index contributed by atoms with van der Waals surface area (Å²) in [4.78, 5) is 2.30. The minimum absolute atomic E-state index is 0.424. The van der Waals surface area contributed by atoms with Crippen LogP contribution in [0.5, 0.6) is 0 Å². The lowest BCUT2D eigenvalue weighted by molar-refractivity contribution is 0.580. The van der Waals surface area contributed by atoms with Gasteiger partial charge in [0, 0.05) is 16.3 Å². The predicted octanol–water partition coefficient (Wildman–Crippen LogP) is 2.05. The highest BCUT2D eigenvalue weighted by molar-refractivity contribution is 7.89. The van der Waals surface area contributed by atoms with Crippen molar-refractivity contribution in [3.05, 3.63) is 15.8 Å². The fourth-order valence-corrected chi connectivity index (χ4v) is 3.88. The highest BCUT2D eigenvalue weighted by atomic mass is 32.2. The van der Waals surface area contributed by atoms with E-state index < -0.39 is 10.0 Å². The normalized spacial score (nSPS) is 11.9. The molecule has 0 amide bonds. The fourth-order valence-electron chi connectivity index (χ4n) is 1.19. The molecule has 1 N–H and O–H groups in total. The molecular formula is C9H15NO2S2. The molecule has 0 aliphatic rings. The molecule has 1 aromatic heterocycles. The van der Waals surface area contributed by atoms with Gasteiger partial charge in [0.1, 0.15) is 0 Å². The van der Waals surface area contributed by atoms with Gasteiger partial charge in [-0.15, -0.1) is 11.3 Å². The van der Waals surface area contributed by atoms with Gasteiger partial charge in [-0.2, -0.15) is 0 Å². The van der Waals surface area contributed by atoms with Crippen molar-refractivity contribution in [1.29, 1.82) is 0 Å². The summed E-state index contributed by atoms with van der Waals surface area (Å²) in [5.41, 5.74) is 0. The molecule has 0 atom stereocenters. The summed E-state index contributed by atoms with van der Waals surface area (Å²) in [6, 6.07) is 1.72. The van der Waals surface area contributed by atoms with E-state index in [1.807, 2.05) is 20.8 Å². The lowest BCUT2D eigenvalue weighted by atomic mass is 10.4. The molecule has 0 saturated heterocycles. The first-order valence-electron chi connectivity index (χ1n) is 4.54. The maximum absolute atomic E-state index is 11.7. The van der Waals surface area contributed by atoms with Gasteiger partial charge in [0.2, 0.25) is 10.0 Å². The van der Waals surface area contributed by atoms with Gasteiger partial charge in [-0.25, -0.2) is 13.1 Å². The van der Waals surface area contributed by atoms with Gasteiger partial charge in [0.15, 0.2) is 0 Å². The average Bonchev–Trinajstić information content (AvgIpc) is 2.42. The molecule has 0 unspecified atom stereocenters. The van der Waals surface area contributed by atoms with Crippen molar-refractivity contribution in [2.75, 3.05) is 6.54 Å². The van der Waals surface area contributed by atoms with Crippen molar-refractivity contribution in [3.8, 4) is 0 Å². The average molecular weight is 233 g/mol. The number of hydrogen-bond donors (Lipinski definition) is 1. The van der Waals surface area contributed by atoms with Gasteiger partial charge in [-0.05, 0) is 26.3 Å². The number of hydrogen-bond acceptors (Lipinski definition) is 3. The van der Waals surface area contributed by atoms with Crippen LogP contribution in [0, 0.1) is 13.8 Å². The van der Waals surface area contributed by atoms with Crippen LogP contribution in [0.25, 0.3) is 0 Å². The van der Waals surface area contributed by atoms with E-state index in [4.69, 9.17) is 0 Å². The first-order valence-corrected chi connectivity index (χ1v) is 6.84. The Hall–Kier alpha value is -0.390. The topological polar surface area (TPSA) is 46.2 Å². The standard InChI is InChI=1S/C9H15NO2S2/c1-4-5-10-14(11,12)9-6-7(2)13-8(9)3/h6,10H,4-5H2,1-3H3. The lowest BCUT2D eigenvalue weighted by Gasteiger charge is -2.03. The fraction of sp³-hybridized carbons (Fsp3) is 0.556. The summed E-state index contributed by atoms with van der Waals surface area (Å²) in [7, 11) is -3.27. The summed E-state index contributed by atoms with van der Waals surface area (Å²) in [5.74, 6) is 0. The Kier molecular flexibility index (Phi) is 3.69. The van der Waals surface area contributed by atoms with Crippen molar-refractivity contribution >= 4 is 21.4 Å². The van der Waals surface area contributed by atoms with Crippen LogP contribution in [-0.2, 0) is 10.0 Å². The zero-order valence-electron chi connectivity index (χ0n) is 8.62. The van der Waals surface area contributed by atoms with Crippen LogP contribution < -0.4 is 4.72 Å². The smallest absolute Gasteiger partial charge is 0.211 e. The van der Waals surface area contributed by atoms with E-state index in [-0.39, 0.29) is 0 Å². The SMILES string of the molecule is CCCNS(=O)(=O)c1cc(C)sc1C. The zero-order chi connectivity index (χ0) is 10.8. The Labute approximate surface area is 89.2 Å². The number of thiophene rings is 1. The van der Waals surface area contributed by atoms with Crippen LogP contribution in [-0.4, -0.2) is 15.0 Å². The quantitative estimate of drug-likeness (QED) is 0.865. The van der Waals surface area contributed by atoms with Crippen LogP contribution in [0.15, 0.2) is 11.0 Å². The van der Waals surface area contributed by atoms with Crippen molar-refractivity contribution in [2.45, 2.75) is 32.1 Å². The van der Waals surface area contributed by atoms with Crippen LogP contribution >= 0.6 is 11.3 Å². The number of aryl methyl sites for hydroxylation is 2. The molecular weight excluding hydrogens is 218 g/mol. The van der Waals surface area contributed by atoms with Crippen LogP contribution in [0.3, 0.4) is 0 Å². The molecule has 14 heavy (non-hydrogen) atoms. The molecule has 5 heteroatoms. The Balaban J connectivity index is 2.98. The molecule has 0 aromatic carbocycles. The first kappa shape index (κ1) is 11.7. The largest absolute Gasteiger partial charge is 0.241 e. The Morgan fingerprint density at radius 1 is 1.43 bits per heavy atom. The van der Waals surface area contributed by atoms with Gasteiger partial charge in [0.05, 0.1) is 4.90 Å². The molecule has 1 aromatic rings. The van der Waals surface area contributed by atoms with Crippen LogP contribution in [0.2, 0.25) is 0 Å². The molecule has 0 radical (unpaired) electrons. The van der Waals surface area contributed by atoms with E-state index in [0.717, 1.165) is 16.2 Å². The number of nitrogens with one attached hydrogen (secondary N) is 1. The summed E-state index contributed by atoms with van der Waals surface area (Å²) in [6.07, 6.45) is 0.807. The molecule has 0 spiro atoms. The molecule has 0 aliphatic carbocycles. The van der Waals surface area contributed by atoms with Gasteiger partial charge in [-0.1, -0.05) is 6.92 Å². The van der Waals surface area contributed by atoms with E-state index in [2.05, 4.69) is 4.72 Å². The summed E-state index contributed by atoms with van der Waals surface area (Å²) < 4.78 is 26.0. The minimum atomic E-state index is -3.27. The maximum atomic E-state index is 11.7. The predicted molar refractivity (Wildman–Crippen MR) is 59.3 cm³/mol. The highest BCUT2D eigenvalue weighted by Crippen LogP contribution is 2.24. The van der Waals surface area contributed by atoms with Crippen molar-refractivity contribution in [3.63, 3.8) is 0 Å². The van der Waals surface area contributed by atoms with E-state index in [0.29, 0.717) is 11.4 Å². The molecule has 0 saturated carbocycles. The highest BCUT2D eigenvalue weighted by Gasteiger charge is 2.17. The third-order valence-corrected chi connectivity index (χ3v) is 4.51. The summed E-state index contributed by atoms with van der Waals surface area (Å²) in [6.45, 7) is 6.18. The summed E-state index contributed by atoms with van der Waals surface area (Å²) >= 11 is 1.51. The van der Waals surface area contributed by atoms with E-state index in [1.165, 1.54) is 11.3 Å². The maximum Gasteiger partial charge on any atom is 0.241 e. The van der Waals surface area contributed by atoms with Crippen molar-refractivity contribution in [1.82, 2.24) is 4.72 Å². The molecule has 80 valence electrons. The Morgan fingerprint density at radius 3 is 2.50 bits per heavy atom. The van der Waals surface area contributed by atoms with Crippen molar-refractivity contribution in [2.24, 2.45) is 0 Å². The van der Waals surface area contributed by atoms with Crippen LogP contribution in [0.4, 0.5) is 0 Å². The van der Waals surface area contributed by atoms with E-state index in [1.54, 1.807) is 6.07 Å². The summed E-state index contributed by atoms with van der Waals surface area (Å²) in [5, 5.41) is 0. The Morgan fingerprint density at radius 2 is 2.07 bits per heavy atom. The van der Waals surface area contributed by atoms with Gasteiger partial charge in [-0.3, -0.25) is 0 Å². The molecule has 3 nitrogen and oxygen atoms in total. The van der Waals surface area contributed by atoms with Gasteiger partial charge >= 0.3 is 0 Å². The minimum Gasteiger partial charge on any atom is -0.211 e. The van der Waals surface area contributed by atoms with Crippen molar-refractivity contribution < 1.29 is 8.42 Å². The monoisotopic (exact) mass is 233 g/mol. The lowest BCUT2D eigenvalue weighted by Crippen LogP contribution is -2.24. The second kappa shape index (κ2) is 4.42. The zero-order valence-corrected chi connectivity index (χ0v) is 10.3. The van der Waals surface area contributed by atoms with E-state index in [9.17, 15) is 8.42 Å². The molecule has 0 fully saturated rings. The third-order valence-electron chi connectivity index (χ3n) is 1.83. The van der Waals surface area contributed by atoms with E-state index >= 15 is 0 Å². The third kappa shape index (κ3) is 2.56. The second-order valence-corrected chi connectivity index (χ2v) is 6.37. The molecule has 0 aliphatic heterocycles. The number of sulfonamides is 1. The van der Waals surface area contributed by atoms with Crippen LogP contribution in [0.1, 0.15) is 23.1 Å². The first-order chi connectivity index (χ1) is 6.47. The molecule has 1 rings (SSSR count). The van der Waals surface area contributed by atoms with Gasteiger partial charge < -0.3 is 0 Å². The molecule has 1 heterocycles. The second-order valence-electron chi connectivity index (χ2n) is 3.18. The van der Waals surface area contributed by atoms with Gasteiger partial charge in [0.25, 0.3) is 0 Å².